The van der Waals surface area contributed by atoms with Crippen molar-refractivity contribution in [2.24, 2.45) is 0 Å². The summed E-state index contributed by atoms with van der Waals surface area (Å²) in [5.74, 6) is -7.50. The first-order valence-electron chi connectivity index (χ1n) is 4.16. The molecular weight excluding hydrogens is 210 g/mol. The number of carbonyl (C=O) groups is 2. The van der Waals surface area contributed by atoms with Gasteiger partial charge < -0.3 is 9.47 Å². The molecule has 0 aliphatic carbocycles. The Hall–Kier alpha value is -1.30. The summed E-state index contributed by atoms with van der Waals surface area (Å²) in [6.45, 7) is 4.56. The third kappa shape index (κ3) is 3.09. The van der Waals surface area contributed by atoms with Gasteiger partial charge in [-0.3, -0.25) is 4.79 Å². The second-order valence-corrected chi connectivity index (χ2v) is 2.56. The molecule has 0 amide bonds. The molecule has 15 heavy (non-hydrogen) atoms. The molecule has 0 heterocycles. The molecule has 0 rings (SSSR count). The number of ketones is 1. The van der Waals surface area contributed by atoms with E-state index in [4.69, 9.17) is 0 Å². The summed E-state index contributed by atoms with van der Waals surface area (Å²) >= 11 is 0. The lowest BCUT2D eigenvalue weighted by Gasteiger charge is -2.21. The van der Waals surface area contributed by atoms with Crippen LogP contribution in [-0.2, 0) is 19.1 Å². The Bertz CT molecular complexity index is 263. The predicted molar refractivity (Wildman–Crippen MR) is 47.6 cm³/mol. The van der Waals surface area contributed by atoms with Gasteiger partial charge in [-0.25, -0.2) is 4.79 Å². The third-order valence-electron chi connectivity index (χ3n) is 1.59. The SMILES string of the molecule is C=CC(OCC)C(F)(F)C(=O)C(=O)OC. The van der Waals surface area contributed by atoms with Crippen LogP contribution < -0.4 is 0 Å². The van der Waals surface area contributed by atoms with Gasteiger partial charge in [-0.05, 0) is 6.92 Å². The van der Waals surface area contributed by atoms with E-state index in [0.717, 1.165) is 13.2 Å². The molecule has 0 fully saturated rings. The zero-order valence-electron chi connectivity index (χ0n) is 8.46. The molecule has 6 heteroatoms. The molecule has 0 aliphatic rings. The Morgan fingerprint density at radius 3 is 2.40 bits per heavy atom. The molecule has 1 unspecified atom stereocenters. The quantitative estimate of drug-likeness (QED) is 0.381. The summed E-state index contributed by atoms with van der Waals surface area (Å²) in [6.07, 6.45) is -1.06. The number of carbonyl (C=O) groups excluding carboxylic acids is 2. The Kier molecular flexibility index (Phi) is 5.07. The first kappa shape index (κ1) is 13.7. The second kappa shape index (κ2) is 5.55. The number of alkyl halides is 2. The van der Waals surface area contributed by atoms with Crippen molar-refractivity contribution in [1.82, 2.24) is 0 Å². The number of methoxy groups -OCH3 is 1. The number of rotatable bonds is 6. The molecule has 0 saturated heterocycles. The van der Waals surface area contributed by atoms with Crippen LogP contribution >= 0.6 is 0 Å². The maximum Gasteiger partial charge on any atom is 0.381 e. The maximum atomic E-state index is 13.3. The van der Waals surface area contributed by atoms with E-state index in [-0.39, 0.29) is 6.61 Å². The standard InChI is InChI=1S/C9H12F2O4/c1-4-6(15-5-2)9(10,11)7(12)8(13)14-3/h4,6H,1,5H2,2-3H3. The van der Waals surface area contributed by atoms with Gasteiger partial charge in [-0.15, -0.1) is 6.58 Å². The smallest absolute Gasteiger partial charge is 0.381 e. The van der Waals surface area contributed by atoms with Crippen LogP contribution in [0.1, 0.15) is 6.92 Å². The van der Waals surface area contributed by atoms with E-state index >= 15 is 0 Å². The van der Waals surface area contributed by atoms with Crippen molar-refractivity contribution in [2.75, 3.05) is 13.7 Å². The van der Waals surface area contributed by atoms with E-state index in [0.29, 0.717) is 0 Å². The van der Waals surface area contributed by atoms with Crippen molar-refractivity contribution >= 4 is 11.8 Å². The summed E-state index contributed by atoms with van der Waals surface area (Å²) in [5, 5.41) is 0. The summed E-state index contributed by atoms with van der Waals surface area (Å²) in [5.41, 5.74) is 0. The van der Waals surface area contributed by atoms with E-state index in [1.807, 2.05) is 0 Å². The summed E-state index contributed by atoms with van der Waals surface area (Å²) < 4.78 is 35.0. The molecule has 86 valence electrons. The van der Waals surface area contributed by atoms with Gasteiger partial charge in [-0.2, -0.15) is 8.78 Å². The van der Waals surface area contributed by atoms with Crippen molar-refractivity contribution in [1.29, 1.82) is 0 Å². The van der Waals surface area contributed by atoms with Crippen LogP contribution in [0.25, 0.3) is 0 Å². The number of Topliss-reactive ketones (excluding diaryl/α,β-unsaturated/α-hetero) is 1. The zero-order valence-corrected chi connectivity index (χ0v) is 8.46. The van der Waals surface area contributed by atoms with Crippen molar-refractivity contribution in [3.63, 3.8) is 0 Å². The van der Waals surface area contributed by atoms with Gasteiger partial charge in [-0.1, -0.05) is 6.08 Å². The highest BCUT2D eigenvalue weighted by Gasteiger charge is 2.50. The first-order valence-corrected chi connectivity index (χ1v) is 4.16. The molecule has 0 aromatic heterocycles. The van der Waals surface area contributed by atoms with Crippen molar-refractivity contribution in [3.8, 4) is 0 Å². The molecule has 0 aromatic rings. The summed E-state index contributed by atoms with van der Waals surface area (Å²) in [6, 6.07) is 0. The van der Waals surface area contributed by atoms with Crippen LogP contribution in [0.2, 0.25) is 0 Å². The van der Waals surface area contributed by atoms with Gasteiger partial charge in [0.05, 0.1) is 7.11 Å². The maximum absolute atomic E-state index is 13.3. The molecule has 0 aliphatic heterocycles. The lowest BCUT2D eigenvalue weighted by Crippen LogP contribution is -2.46. The molecule has 0 aromatic carbocycles. The number of hydrogen-bond acceptors (Lipinski definition) is 4. The van der Waals surface area contributed by atoms with Gasteiger partial charge in [0.2, 0.25) is 0 Å². The highest BCUT2D eigenvalue weighted by molar-refractivity contribution is 6.36. The van der Waals surface area contributed by atoms with Gasteiger partial charge >= 0.3 is 17.7 Å². The third-order valence-corrected chi connectivity index (χ3v) is 1.59. The Morgan fingerprint density at radius 1 is 1.53 bits per heavy atom. The average molecular weight is 222 g/mol. The number of esters is 1. The number of ether oxygens (including phenoxy) is 2. The fraction of sp³-hybridized carbons (Fsp3) is 0.556. The largest absolute Gasteiger partial charge is 0.463 e. The highest BCUT2D eigenvalue weighted by atomic mass is 19.3. The lowest BCUT2D eigenvalue weighted by molar-refractivity contribution is -0.175. The van der Waals surface area contributed by atoms with Gasteiger partial charge in [0.15, 0.2) is 0 Å². The Balaban J connectivity index is 4.83. The van der Waals surface area contributed by atoms with E-state index in [2.05, 4.69) is 16.1 Å². The summed E-state index contributed by atoms with van der Waals surface area (Å²) in [4.78, 5) is 21.6. The van der Waals surface area contributed by atoms with Gasteiger partial charge in [0.25, 0.3) is 0 Å². The molecule has 1 atom stereocenters. The van der Waals surface area contributed by atoms with Crippen LogP contribution in [0.3, 0.4) is 0 Å². The minimum atomic E-state index is -3.95. The van der Waals surface area contributed by atoms with Gasteiger partial charge in [0, 0.05) is 6.61 Å². The minimum absolute atomic E-state index is 0.0271. The van der Waals surface area contributed by atoms with Crippen LogP contribution in [0.15, 0.2) is 12.7 Å². The van der Waals surface area contributed by atoms with Crippen LogP contribution in [-0.4, -0.2) is 37.5 Å². The van der Waals surface area contributed by atoms with E-state index < -0.39 is 23.8 Å². The van der Waals surface area contributed by atoms with Crippen molar-refractivity contribution < 1.29 is 27.8 Å². The molecule has 4 nitrogen and oxygen atoms in total. The molecule has 0 saturated carbocycles. The number of hydrogen-bond donors (Lipinski definition) is 0. The monoisotopic (exact) mass is 222 g/mol. The zero-order chi connectivity index (χ0) is 12.1. The molecular formula is C9H12F2O4. The Labute approximate surface area is 85.9 Å². The Morgan fingerprint density at radius 2 is 2.07 bits per heavy atom. The lowest BCUT2D eigenvalue weighted by atomic mass is 10.1. The predicted octanol–water partition coefficient (Wildman–Crippen LogP) is 0.955. The topological polar surface area (TPSA) is 52.6 Å². The molecule has 0 spiro atoms. The van der Waals surface area contributed by atoms with E-state index in [9.17, 15) is 18.4 Å². The van der Waals surface area contributed by atoms with Crippen LogP contribution in [0, 0.1) is 0 Å². The molecule has 0 N–H and O–H groups in total. The molecule has 0 radical (unpaired) electrons. The van der Waals surface area contributed by atoms with E-state index in [1.165, 1.54) is 6.92 Å². The fourth-order valence-corrected chi connectivity index (χ4v) is 0.858. The van der Waals surface area contributed by atoms with Crippen molar-refractivity contribution in [3.05, 3.63) is 12.7 Å². The fourth-order valence-electron chi connectivity index (χ4n) is 0.858. The van der Waals surface area contributed by atoms with Crippen LogP contribution in [0.5, 0.6) is 0 Å². The number of halogens is 2. The first-order chi connectivity index (χ1) is 6.91. The van der Waals surface area contributed by atoms with Gasteiger partial charge in [0.1, 0.15) is 6.10 Å². The second-order valence-electron chi connectivity index (χ2n) is 2.56. The normalized spacial score (nSPS) is 13.1. The van der Waals surface area contributed by atoms with Crippen LogP contribution in [0.4, 0.5) is 8.78 Å². The van der Waals surface area contributed by atoms with Crippen molar-refractivity contribution in [2.45, 2.75) is 19.0 Å². The average Bonchev–Trinajstić information content (AvgIpc) is 2.23. The highest BCUT2D eigenvalue weighted by Crippen LogP contribution is 2.24. The van der Waals surface area contributed by atoms with E-state index in [1.54, 1.807) is 0 Å². The summed E-state index contributed by atoms with van der Waals surface area (Å²) in [7, 11) is 0.847. The minimum Gasteiger partial charge on any atom is -0.463 e. The molecule has 0 bridgehead atoms.